The lowest BCUT2D eigenvalue weighted by atomic mass is 10.1. The maximum atomic E-state index is 12.3. The summed E-state index contributed by atoms with van der Waals surface area (Å²) in [6.07, 6.45) is 1.05. The minimum atomic E-state index is -5.22. The van der Waals surface area contributed by atoms with Crippen molar-refractivity contribution in [2.45, 2.75) is 30.9 Å². The van der Waals surface area contributed by atoms with Gasteiger partial charge >= 0.3 is 15.5 Å². The van der Waals surface area contributed by atoms with Crippen molar-refractivity contribution in [1.82, 2.24) is 4.31 Å². The Balaban J connectivity index is 2.45. The molecular formula is C9H17F3N2O3S. The minimum Gasteiger partial charge on any atom is -0.378 e. The number of rotatable bonds is 5. The van der Waals surface area contributed by atoms with Crippen LogP contribution in [0, 0.1) is 0 Å². The van der Waals surface area contributed by atoms with Gasteiger partial charge in [-0.05, 0) is 25.8 Å². The average molecular weight is 290 g/mol. The first-order valence-electron chi connectivity index (χ1n) is 5.67. The normalized spacial score (nSPS) is 20.2. The third-order valence-corrected chi connectivity index (χ3v) is 4.37. The molecule has 1 aliphatic rings. The Labute approximate surface area is 104 Å². The van der Waals surface area contributed by atoms with E-state index in [-0.39, 0.29) is 32.0 Å². The summed E-state index contributed by atoms with van der Waals surface area (Å²) in [7, 11) is -5.19. The van der Waals surface area contributed by atoms with Crippen molar-refractivity contribution in [3.05, 3.63) is 0 Å². The molecule has 1 saturated heterocycles. The van der Waals surface area contributed by atoms with E-state index in [9.17, 15) is 21.6 Å². The number of nitrogens with zero attached hydrogens (tertiary/aromatic N) is 1. The number of nitrogens with two attached hydrogens (primary N) is 1. The van der Waals surface area contributed by atoms with E-state index in [1.165, 1.54) is 0 Å². The maximum Gasteiger partial charge on any atom is 0.511 e. The predicted octanol–water partition coefficient (Wildman–Crippen LogP) is 0.666. The minimum absolute atomic E-state index is 0.158. The molecule has 5 nitrogen and oxygen atoms in total. The van der Waals surface area contributed by atoms with E-state index in [0.717, 1.165) is 0 Å². The third-order valence-electron chi connectivity index (χ3n) is 2.74. The zero-order chi connectivity index (χ0) is 13.8. The lowest BCUT2D eigenvalue weighted by Gasteiger charge is -2.31. The highest BCUT2D eigenvalue weighted by molar-refractivity contribution is 7.90. The lowest BCUT2D eigenvalue weighted by Crippen LogP contribution is -2.46. The zero-order valence-electron chi connectivity index (χ0n) is 9.82. The molecule has 1 fully saturated rings. The number of sulfonamides is 1. The van der Waals surface area contributed by atoms with Gasteiger partial charge in [-0.2, -0.15) is 17.5 Å². The monoisotopic (exact) mass is 290 g/mol. The fourth-order valence-corrected chi connectivity index (χ4v) is 2.70. The summed E-state index contributed by atoms with van der Waals surface area (Å²) >= 11 is 0. The van der Waals surface area contributed by atoms with Crippen LogP contribution in [0.4, 0.5) is 13.2 Å². The number of ether oxygens (including phenoxy) is 1. The second kappa shape index (κ2) is 6.18. The number of alkyl halides is 3. The van der Waals surface area contributed by atoms with Crippen LogP contribution in [-0.2, 0) is 14.8 Å². The van der Waals surface area contributed by atoms with Crippen molar-refractivity contribution in [3.63, 3.8) is 0 Å². The van der Waals surface area contributed by atoms with Crippen molar-refractivity contribution in [1.29, 1.82) is 0 Å². The summed E-state index contributed by atoms with van der Waals surface area (Å²) in [6.45, 7) is 0.624. The predicted molar refractivity (Wildman–Crippen MR) is 59.2 cm³/mol. The molecule has 18 heavy (non-hydrogen) atoms. The van der Waals surface area contributed by atoms with Gasteiger partial charge in [0.05, 0.1) is 6.10 Å². The summed E-state index contributed by atoms with van der Waals surface area (Å²) in [6, 6.07) is 0. The van der Waals surface area contributed by atoms with Gasteiger partial charge in [0.25, 0.3) is 0 Å². The van der Waals surface area contributed by atoms with Gasteiger partial charge in [-0.25, -0.2) is 8.42 Å². The van der Waals surface area contributed by atoms with E-state index in [1.807, 2.05) is 0 Å². The summed E-state index contributed by atoms with van der Waals surface area (Å²) in [5.41, 5.74) is 0.0566. The Morgan fingerprint density at radius 1 is 1.28 bits per heavy atom. The van der Waals surface area contributed by atoms with Gasteiger partial charge in [-0.15, -0.1) is 0 Å². The molecule has 0 aromatic carbocycles. The molecule has 0 saturated carbocycles. The highest BCUT2D eigenvalue weighted by atomic mass is 32.2. The summed E-state index contributed by atoms with van der Waals surface area (Å²) in [5.74, 6) is 0. The molecule has 0 atom stereocenters. The van der Waals surface area contributed by atoms with E-state index in [2.05, 4.69) is 0 Å². The van der Waals surface area contributed by atoms with E-state index in [0.29, 0.717) is 23.9 Å². The van der Waals surface area contributed by atoms with Gasteiger partial charge in [-0.3, -0.25) is 0 Å². The van der Waals surface area contributed by atoms with Gasteiger partial charge in [0.1, 0.15) is 0 Å². The molecule has 1 heterocycles. The second-order valence-corrected chi connectivity index (χ2v) is 5.99. The van der Waals surface area contributed by atoms with Gasteiger partial charge in [0.2, 0.25) is 0 Å². The van der Waals surface area contributed by atoms with Gasteiger partial charge < -0.3 is 10.5 Å². The van der Waals surface area contributed by atoms with Crippen molar-refractivity contribution >= 4 is 10.0 Å². The van der Waals surface area contributed by atoms with Crippen molar-refractivity contribution in [3.8, 4) is 0 Å². The van der Waals surface area contributed by atoms with Gasteiger partial charge in [0, 0.05) is 19.7 Å². The molecule has 9 heteroatoms. The fourth-order valence-electron chi connectivity index (χ4n) is 1.72. The molecular weight excluding hydrogens is 273 g/mol. The smallest absolute Gasteiger partial charge is 0.378 e. The van der Waals surface area contributed by atoms with Gasteiger partial charge in [-0.1, -0.05) is 0 Å². The number of halogens is 3. The molecule has 108 valence electrons. The molecule has 0 radical (unpaired) electrons. The molecule has 0 spiro atoms. The molecule has 0 unspecified atom stereocenters. The first-order chi connectivity index (χ1) is 8.29. The first-order valence-corrected chi connectivity index (χ1v) is 7.11. The van der Waals surface area contributed by atoms with E-state index < -0.39 is 15.5 Å². The molecule has 2 N–H and O–H groups in total. The van der Waals surface area contributed by atoms with Crippen LogP contribution in [0.2, 0.25) is 0 Å². The molecule has 0 bridgehead atoms. The Kier molecular flexibility index (Phi) is 5.38. The summed E-state index contributed by atoms with van der Waals surface area (Å²) < 4.78 is 65.0. The van der Waals surface area contributed by atoms with Gasteiger partial charge in [0.15, 0.2) is 0 Å². The Morgan fingerprint density at radius 3 is 2.28 bits per heavy atom. The summed E-state index contributed by atoms with van der Waals surface area (Å²) in [4.78, 5) is 0. The SMILES string of the molecule is NCCCOC1CCN(S(=O)(=O)C(F)(F)F)CC1. The van der Waals surface area contributed by atoms with Crippen LogP contribution in [0.5, 0.6) is 0 Å². The first kappa shape index (κ1) is 15.7. The molecule has 0 aromatic heterocycles. The molecule has 1 rings (SSSR count). The Hall–Kier alpha value is -0.380. The van der Waals surface area contributed by atoms with E-state index >= 15 is 0 Å². The lowest BCUT2D eigenvalue weighted by molar-refractivity contribution is -0.0516. The van der Waals surface area contributed by atoms with Crippen LogP contribution in [0.1, 0.15) is 19.3 Å². The quantitative estimate of drug-likeness (QED) is 0.755. The fraction of sp³-hybridized carbons (Fsp3) is 1.00. The topological polar surface area (TPSA) is 72.6 Å². The number of hydrogen-bond donors (Lipinski definition) is 1. The second-order valence-electron chi connectivity index (χ2n) is 4.06. The third kappa shape index (κ3) is 3.81. The van der Waals surface area contributed by atoms with Crippen LogP contribution < -0.4 is 5.73 Å². The number of piperidine rings is 1. The van der Waals surface area contributed by atoms with Crippen LogP contribution >= 0.6 is 0 Å². The Morgan fingerprint density at radius 2 is 1.83 bits per heavy atom. The van der Waals surface area contributed by atoms with E-state index in [1.54, 1.807) is 0 Å². The number of hydrogen-bond acceptors (Lipinski definition) is 4. The average Bonchev–Trinajstić information content (AvgIpc) is 2.28. The van der Waals surface area contributed by atoms with E-state index in [4.69, 9.17) is 10.5 Å². The standard InChI is InChI=1S/C9H17F3N2O3S/c10-9(11,12)18(15,16)14-5-2-8(3-6-14)17-7-1-4-13/h8H,1-7,13H2. The van der Waals surface area contributed by atoms with Crippen LogP contribution in [0.3, 0.4) is 0 Å². The Bertz CT molecular complexity index is 351. The van der Waals surface area contributed by atoms with Crippen molar-refractivity contribution in [2.75, 3.05) is 26.2 Å². The maximum absolute atomic E-state index is 12.3. The molecule has 0 aromatic rings. The van der Waals surface area contributed by atoms with Crippen LogP contribution in [0.25, 0.3) is 0 Å². The van der Waals surface area contributed by atoms with Crippen LogP contribution in [-0.4, -0.2) is 50.6 Å². The van der Waals surface area contributed by atoms with Crippen molar-refractivity contribution in [2.24, 2.45) is 5.73 Å². The molecule has 1 aliphatic heterocycles. The van der Waals surface area contributed by atoms with Crippen LogP contribution in [0.15, 0.2) is 0 Å². The highest BCUT2D eigenvalue weighted by Crippen LogP contribution is 2.29. The summed E-state index contributed by atoms with van der Waals surface area (Å²) in [5, 5.41) is 0. The highest BCUT2D eigenvalue weighted by Gasteiger charge is 2.50. The van der Waals surface area contributed by atoms with Crippen molar-refractivity contribution < 1.29 is 26.3 Å². The molecule has 0 amide bonds. The molecule has 0 aliphatic carbocycles. The largest absolute Gasteiger partial charge is 0.511 e. The zero-order valence-corrected chi connectivity index (χ0v) is 10.6.